The van der Waals surface area contributed by atoms with Crippen LogP contribution in [0, 0.1) is 29.1 Å². The lowest BCUT2D eigenvalue weighted by Crippen LogP contribution is -2.52. The quantitative estimate of drug-likeness (QED) is 0.572. The minimum atomic E-state index is -0.811. The molecule has 0 aromatic heterocycles. The van der Waals surface area contributed by atoms with Crippen LogP contribution in [0.5, 0.6) is 5.75 Å². The number of nitrogens with zero attached hydrogens (tertiary/aromatic N) is 2. The molecular formula is C25H30Cl2N4O4. The van der Waals surface area contributed by atoms with Gasteiger partial charge in [-0.1, -0.05) is 29.6 Å². The predicted octanol–water partition coefficient (Wildman–Crippen LogP) is 3.31. The van der Waals surface area contributed by atoms with Gasteiger partial charge in [0.25, 0.3) is 5.91 Å². The van der Waals surface area contributed by atoms with Crippen LogP contribution in [0.1, 0.15) is 46.0 Å². The normalized spacial score (nSPS) is 27.6. The number of nitriles is 1. The molecule has 4 rings (SSSR count). The molecule has 8 nitrogen and oxygen atoms in total. The Labute approximate surface area is 215 Å². The number of likely N-dealkylation sites (tertiary alicyclic amines) is 1. The first-order valence-corrected chi connectivity index (χ1v) is 12.7. The highest BCUT2D eigenvalue weighted by molar-refractivity contribution is 6.35. The number of amides is 3. The maximum atomic E-state index is 13.4. The predicted molar refractivity (Wildman–Crippen MR) is 131 cm³/mol. The molecule has 3 amide bonds. The van der Waals surface area contributed by atoms with E-state index >= 15 is 0 Å². The van der Waals surface area contributed by atoms with Gasteiger partial charge in [-0.15, -0.1) is 0 Å². The lowest BCUT2D eigenvalue weighted by molar-refractivity contribution is -0.141. The van der Waals surface area contributed by atoms with Crippen molar-refractivity contribution in [3.63, 3.8) is 0 Å². The van der Waals surface area contributed by atoms with Crippen LogP contribution in [0.3, 0.4) is 0 Å². The Bertz CT molecular complexity index is 1060. The fourth-order valence-corrected chi connectivity index (χ4v) is 6.25. The molecule has 188 valence electrons. The third-order valence-electron chi connectivity index (χ3n) is 7.31. The van der Waals surface area contributed by atoms with Gasteiger partial charge in [0, 0.05) is 23.0 Å². The van der Waals surface area contributed by atoms with Gasteiger partial charge >= 0.3 is 0 Å². The van der Waals surface area contributed by atoms with Crippen molar-refractivity contribution in [3.8, 4) is 11.8 Å². The highest BCUT2D eigenvalue weighted by atomic mass is 35.5. The molecule has 2 saturated heterocycles. The molecule has 3 fully saturated rings. The molecule has 2 heterocycles. The highest BCUT2D eigenvalue weighted by Gasteiger charge is 2.50. The van der Waals surface area contributed by atoms with Crippen molar-refractivity contribution in [1.82, 2.24) is 15.5 Å². The summed E-state index contributed by atoms with van der Waals surface area (Å²) in [6.45, 7) is 4.10. The minimum absolute atomic E-state index is 0.0473. The van der Waals surface area contributed by atoms with Gasteiger partial charge in [-0.2, -0.15) is 5.26 Å². The molecule has 1 aromatic carbocycles. The second-order valence-corrected chi connectivity index (χ2v) is 11.3. The van der Waals surface area contributed by atoms with Crippen molar-refractivity contribution in [2.24, 2.45) is 17.8 Å². The Balaban J connectivity index is 1.42. The number of nitrogens with one attached hydrogen (secondary N) is 2. The monoisotopic (exact) mass is 520 g/mol. The van der Waals surface area contributed by atoms with E-state index in [0.29, 0.717) is 28.8 Å². The number of ether oxygens (including phenoxy) is 1. The van der Waals surface area contributed by atoms with E-state index in [1.54, 1.807) is 17.0 Å². The van der Waals surface area contributed by atoms with Gasteiger partial charge in [-0.3, -0.25) is 14.4 Å². The van der Waals surface area contributed by atoms with E-state index in [4.69, 9.17) is 27.9 Å². The van der Waals surface area contributed by atoms with Crippen molar-refractivity contribution in [2.75, 3.05) is 13.2 Å². The summed E-state index contributed by atoms with van der Waals surface area (Å²) in [5, 5.41) is 16.2. The summed E-state index contributed by atoms with van der Waals surface area (Å²) in [4.78, 5) is 40.4. The van der Waals surface area contributed by atoms with Gasteiger partial charge in [0.05, 0.1) is 11.1 Å². The zero-order chi connectivity index (χ0) is 25.3. The summed E-state index contributed by atoms with van der Waals surface area (Å²) in [6.07, 6.45) is 3.67. The van der Waals surface area contributed by atoms with Crippen LogP contribution in [-0.2, 0) is 14.4 Å². The molecule has 0 unspecified atom stereocenters. The van der Waals surface area contributed by atoms with Crippen LogP contribution < -0.4 is 15.4 Å². The van der Waals surface area contributed by atoms with E-state index in [1.165, 1.54) is 6.07 Å². The molecule has 2 N–H and O–H groups in total. The second kappa shape index (κ2) is 10.2. The average Bonchev–Trinajstić information content (AvgIpc) is 3.44. The zero-order valence-corrected chi connectivity index (χ0v) is 21.4. The first kappa shape index (κ1) is 25.6. The molecule has 2 aliphatic heterocycles. The number of rotatable bonds is 7. The Morgan fingerprint density at radius 1 is 1.34 bits per heavy atom. The zero-order valence-electron chi connectivity index (χ0n) is 19.9. The first-order chi connectivity index (χ1) is 16.6. The number of hydrogen-bond acceptors (Lipinski definition) is 5. The smallest absolute Gasteiger partial charge is 0.261 e. The SMILES string of the molecule is CC1(C)C[C@@H](C[C@@H](C#N)NC(=O)[C@@H]2[C@H]3CCC[C@H]3CN2C(=O)COc2ccc(Cl)cc2Cl)C(=O)N1. The standard InChI is InChI=1S/C25H30Cl2N4O4/c1-25(2)10-15(23(33)30-25)8-17(11-28)29-24(34)22-18-5-3-4-14(18)12-31(22)21(32)13-35-20-7-6-16(26)9-19(20)27/h6-7,9,14-15,17-18,22H,3-5,8,10,12-13H2,1-2H3,(H,29,34)(H,30,33)/t14-,15+,17-,18-,22-/m0/s1. The number of fused-ring (bicyclic) bond motifs is 1. The fourth-order valence-electron chi connectivity index (χ4n) is 5.78. The lowest BCUT2D eigenvalue weighted by atomic mass is 9.91. The van der Waals surface area contributed by atoms with Crippen molar-refractivity contribution < 1.29 is 19.1 Å². The highest BCUT2D eigenvalue weighted by Crippen LogP contribution is 2.42. The van der Waals surface area contributed by atoms with Crippen LogP contribution in [0.2, 0.25) is 10.0 Å². The van der Waals surface area contributed by atoms with E-state index in [2.05, 4.69) is 16.7 Å². The van der Waals surface area contributed by atoms with Crippen LogP contribution in [0.25, 0.3) is 0 Å². The summed E-state index contributed by atoms with van der Waals surface area (Å²) < 4.78 is 5.63. The molecule has 35 heavy (non-hydrogen) atoms. The van der Waals surface area contributed by atoms with Gasteiger partial charge < -0.3 is 20.3 Å². The van der Waals surface area contributed by atoms with Gasteiger partial charge in [-0.05, 0) is 69.6 Å². The number of halogens is 2. The summed E-state index contributed by atoms with van der Waals surface area (Å²) in [5.41, 5.74) is -0.329. The Hall–Kier alpha value is -2.50. The Morgan fingerprint density at radius 3 is 2.77 bits per heavy atom. The van der Waals surface area contributed by atoms with Crippen LogP contribution in [0.15, 0.2) is 18.2 Å². The number of benzene rings is 1. The topological polar surface area (TPSA) is 112 Å². The molecule has 0 radical (unpaired) electrons. The van der Waals surface area contributed by atoms with Crippen molar-refractivity contribution in [3.05, 3.63) is 28.2 Å². The lowest BCUT2D eigenvalue weighted by Gasteiger charge is -2.28. The van der Waals surface area contributed by atoms with Crippen molar-refractivity contribution in [1.29, 1.82) is 5.26 Å². The summed E-state index contributed by atoms with van der Waals surface area (Å²) in [6, 6.07) is 5.41. The number of carbonyl (C=O) groups excluding carboxylic acids is 3. The van der Waals surface area contributed by atoms with Crippen molar-refractivity contribution in [2.45, 2.75) is 63.6 Å². The third kappa shape index (κ3) is 5.68. The summed E-state index contributed by atoms with van der Waals surface area (Å²) in [7, 11) is 0. The van der Waals surface area contributed by atoms with E-state index < -0.39 is 12.1 Å². The van der Waals surface area contributed by atoms with Crippen LogP contribution in [0.4, 0.5) is 0 Å². The van der Waals surface area contributed by atoms with E-state index in [1.807, 2.05) is 13.8 Å². The molecule has 3 aliphatic rings. The Morgan fingerprint density at radius 2 is 2.11 bits per heavy atom. The van der Waals surface area contributed by atoms with Gasteiger partial charge in [-0.25, -0.2) is 0 Å². The van der Waals surface area contributed by atoms with Gasteiger partial charge in [0.1, 0.15) is 17.8 Å². The summed E-state index contributed by atoms with van der Waals surface area (Å²) >= 11 is 12.1. The molecule has 5 atom stereocenters. The minimum Gasteiger partial charge on any atom is -0.482 e. The maximum Gasteiger partial charge on any atom is 0.261 e. The van der Waals surface area contributed by atoms with Crippen LogP contribution >= 0.6 is 23.2 Å². The van der Waals surface area contributed by atoms with Crippen molar-refractivity contribution >= 4 is 40.9 Å². The second-order valence-electron chi connectivity index (χ2n) is 10.4. The largest absolute Gasteiger partial charge is 0.482 e. The number of carbonyl (C=O) groups is 3. The molecule has 0 spiro atoms. The first-order valence-electron chi connectivity index (χ1n) is 12.0. The van der Waals surface area contributed by atoms with Crippen LogP contribution in [-0.4, -0.2) is 53.4 Å². The number of hydrogen-bond donors (Lipinski definition) is 2. The molecular weight excluding hydrogens is 491 g/mol. The molecule has 10 heteroatoms. The maximum absolute atomic E-state index is 13.4. The molecule has 1 aliphatic carbocycles. The average molecular weight is 521 g/mol. The van der Waals surface area contributed by atoms with Gasteiger partial charge in [0.2, 0.25) is 11.8 Å². The third-order valence-corrected chi connectivity index (χ3v) is 7.84. The molecule has 1 aromatic rings. The van der Waals surface area contributed by atoms with E-state index in [0.717, 1.165) is 19.3 Å². The Kier molecular flexibility index (Phi) is 7.48. The van der Waals surface area contributed by atoms with Gasteiger partial charge in [0.15, 0.2) is 6.61 Å². The molecule has 1 saturated carbocycles. The van der Waals surface area contributed by atoms with E-state index in [-0.39, 0.29) is 54.0 Å². The molecule has 0 bridgehead atoms. The van der Waals surface area contributed by atoms with E-state index in [9.17, 15) is 19.6 Å². The summed E-state index contributed by atoms with van der Waals surface area (Å²) in [5.74, 6) is -0.462. The fraction of sp³-hybridized carbons (Fsp3) is 0.600.